The van der Waals surface area contributed by atoms with E-state index in [1.807, 2.05) is 32.8 Å². The fraction of sp³-hybridized carbons (Fsp3) is 0.571. The summed E-state index contributed by atoms with van der Waals surface area (Å²) >= 11 is 0. The van der Waals surface area contributed by atoms with Crippen molar-refractivity contribution in [1.82, 2.24) is 4.90 Å². The topological polar surface area (TPSA) is 23.5 Å². The fourth-order valence-electron chi connectivity index (χ4n) is 2.29. The molecule has 1 aromatic carbocycles. The summed E-state index contributed by atoms with van der Waals surface area (Å²) < 4.78 is 15.0. The smallest absolute Gasteiger partial charge is 0.139 e. The Morgan fingerprint density at radius 3 is 2.53 bits per heavy atom. The number of phenolic OH excluding ortho intramolecular Hbond substituents is 1. The van der Waals surface area contributed by atoms with Gasteiger partial charge in [0.2, 0.25) is 0 Å². The van der Waals surface area contributed by atoms with Crippen molar-refractivity contribution in [3.8, 4) is 5.75 Å². The molecule has 0 saturated carbocycles. The van der Waals surface area contributed by atoms with Crippen LogP contribution in [0, 0.1) is 5.92 Å². The van der Waals surface area contributed by atoms with Gasteiger partial charge in [-0.05, 0) is 38.2 Å². The van der Waals surface area contributed by atoms with Gasteiger partial charge in [0.25, 0.3) is 0 Å². The lowest BCUT2D eigenvalue weighted by molar-refractivity contribution is 0.0658. The van der Waals surface area contributed by atoms with Gasteiger partial charge >= 0.3 is 0 Å². The quantitative estimate of drug-likeness (QED) is 0.853. The first kappa shape index (κ1) is 14.0. The van der Waals surface area contributed by atoms with Gasteiger partial charge in [-0.3, -0.25) is 0 Å². The van der Waals surface area contributed by atoms with Gasteiger partial charge in [-0.15, -0.1) is 0 Å². The Morgan fingerprint density at radius 2 is 2.06 bits per heavy atom. The van der Waals surface area contributed by atoms with Crippen molar-refractivity contribution in [2.24, 2.45) is 5.92 Å². The summed E-state index contributed by atoms with van der Waals surface area (Å²) in [5, 5.41) is 9.46. The molecule has 96 valence electrons. The first-order valence-electron chi connectivity index (χ1n) is 6.03. The van der Waals surface area contributed by atoms with Gasteiger partial charge in [0.1, 0.15) is 11.4 Å². The number of phenols is 1. The molecule has 0 amide bonds. The molecule has 0 saturated heterocycles. The number of aromatic hydroxyl groups is 1. The fourth-order valence-corrected chi connectivity index (χ4v) is 2.29. The van der Waals surface area contributed by atoms with Gasteiger partial charge in [-0.1, -0.05) is 26.0 Å². The lowest BCUT2D eigenvalue weighted by atomic mass is 9.81. The number of hydrogen-bond donors (Lipinski definition) is 1. The standard InChI is InChI=1S/C14H22FNO/c1-5-14(15,11(2)10-16(3)4)12-7-6-8-13(17)9-12/h6-9,11,17H,5,10H2,1-4H3/t11-,14-/m1/s1. The molecule has 0 aliphatic carbocycles. The lowest BCUT2D eigenvalue weighted by Gasteiger charge is -2.33. The average Bonchev–Trinajstić information content (AvgIpc) is 2.27. The molecular formula is C14H22FNO. The predicted molar refractivity (Wildman–Crippen MR) is 68.9 cm³/mol. The summed E-state index contributed by atoms with van der Waals surface area (Å²) in [5.41, 5.74) is -0.822. The molecule has 1 aromatic rings. The monoisotopic (exact) mass is 239 g/mol. The Bertz CT molecular complexity index is 367. The minimum absolute atomic E-state index is 0.120. The summed E-state index contributed by atoms with van der Waals surface area (Å²) in [4.78, 5) is 1.98. The molecule has 0 spiro atoms. The number of rotatable bonds is 5. The second-order valence-corrected chi connectivity index (χ2v) is 4.93. The zero-order valence-electron chi connectivity index (χ0n) is 11.1. The van der Waals surface area contributed by atoms with E-state index in [0.717, 1.165) is 0 Å². The van der Waals surface area contributed by atoms with Crippen LogP contribution in [-0.2, 0) is 5.67 Å². The van der Waals surface area contributed by atoms with Crippen LogP contribution in [0.4, 0.5) is 4.39 Å². The number of halogens is 1. The third-order valence-electron chi connectivity index (χ3n) is 3.26. The van der Waals surface area contributed by atoms with Crippen LogP contribution in [0.15, 0.2) is 24.3 Å². The number of hydrogen-bond acceptors (Lipinski definition) is 2. The molecule has 0 fully saturated rings. The predicted octanol–water partition coefficient (Wildman–Crippen LogP) is 3.16. The highest BCUT2D eigenvalue weighted by molar-refractivity contribution is 5.32. The maximum absolute atomic E-state index is 15.0. The van der Waals surface area contributed by atoms with E-state index >= 15 is 4.39 Å². The van der Waals surface area contributed by atoms with Crippen molar-refractivity contribution in [2.45, 2.75) is 25.9 Å². The Kier molecular flexibility index (Phi) is 4.52. The number of alkyl halides is 1. The summed E-state index contributed by atoms with van der Waals surface area (Å²) in [6, 6.07) is 6.53. The summed E-state index contributed by atoms with van der Waals surface area (Å²) in [5.74, 6) is -0.000622. The minimum Gasteiger partial charge on any atom is -0.508 e. The van der Waals surface area contributed by atoms with E-state index in [2.05, 4.69) is 0 Å². The van der Waals surface area contributed by atoms with E-state index in [4.69, 9.17) is 0 Å². The van der Waals surface area contributed by atoms with Crippen molar-refractivity contribution < 1.29 is 9.50 Å². The SMILES string of the molecule is CC[C@](F)(c1cccc(O)c1)[C@H](C)CN(C)C. The molecule has 17 heavy (non-hydrogen) atoms. The van der Waals surface area contributed by atoms with Gasteiger partial charge in [0.05, 0.1) is 0 Å². The zero-order chi connectivity index (χ0) is 13.1. The van der Waals surface area contributed by atoms with E-state index in [1.54, 1.807) is 18.2 Å². The lowest BCUT2D eigenvalue weighted by Crippen LogP contribution is -2.35. The first-order chi connectivity index (χ1) is 7.90. The molecule has 3 heteroatoms. The highest BCUT2D eigenvalue weighted by Crippen LogP contribution is 2.38. The Hall–Kier alpha value is -1.09. The van der Waals surface area contributed by atoms with E-state index in [-0.39, 0.29) is 11.7 Å². The van der Waals surface area contributed by atoms with Crippen LogP contribution in [0.2, 0.25) is 0 Å². The van der Waals surface area contributed by atoms with E-state index in [1.165, 1.54) is 6.07 Å². The van der Waals surface area contributed by atoms with Gasteiger partial charge in [0.15, 0.2) is 0 Å². The van der Waals surface area contributed by atoms with Gasteiger partial charge in [0, 0.05) is 12.5 Å². The van der Waals surface area contributed by atoms with Crippen LogP contribution >= 0.6 is 0 Å². The molecule has 1 rings (SSSR count). The third-order valence-corrected chi connectivity index (χ3v) is 3.26. The molecule has 0 radical (unpaired) electrons. The van der Waals surface area contributed by atoms with Crippen LogP contribution in [0.5, 0.6) is 5.75 Å². The molecule has 1 N–H and O–H groups in total. The summed E-state index contributed by atoms with van der Waals surface area (Å²) in [7, 11) is 3.88. The largest absolute Gasteiger partial charge is 0.508 e. The van der Waals surface area contributed by atoms with Crippen LogP contribution < -0.4 is 0 Å². The first-order valence-corrected chi connectivity index (χ1v) is 6.03. The van der Waals surface area contributed by atoms with Crippen LogP contribution in [0.3, 0.4) is 0 Å². The second-order valence-electron chi connectivity index (χ2n) is 4.93. The molecular weight excluding hydrogens is 217 g/mol. The number of nitrogens with zero attached hydrogens (tertiary/aromatic N) is 1. The molecule has 0 bridgehead atoms. The van der Waals surface area contributed by atoms with E-state index < -0.39 is 5.67 Å². The zero-order valence-corrected chi connectivity index (χ0v) is 11.1. The molecule has 0 aliphatic heterocycles. The minimum atomic E-state index is -1.39. The van der Waals surface area contributed by atoms with Crippen molar-refractivity contribution >= 4 is 0 Å². The normalized spacial score (nSPS) is 16.8. The second kappa shape index (κ2) is 5.50. The highest BCUT2D eigenvalue weighted by atomic mass is 19.1. The summed E-state index contributed by atoms with van der Waals surface area (Å²) in [6.45, 7) is 4.43. The molecule has 0 unspecified atom stereocenters. The average molecular weight is 239 g/mol. The summed E-state index contributed by atoms with van der Waals surface area (Å²) in [6.07, 6.45) is 0.408. The maximum Gasteiger partial charge on any atom is 0.139 e. The van der Waals surface area contributed by atoms with Crippen molar-refractivity contribution in [3.63, 3.8) is 0 Å². The Labute approximate surface area is 103 Å². The van der Waals surface area contributed by atoms with E-state index in [9.17, 15) is 5.11 Å². The van der Waals surface area contributed by atoms with Gasteiger partial charge in [-0.25, -0.2) is 4.39 Å². The Morgan fingerprint density at radius 1 is 1.41 bits per heavy atom. The van der Waals surface area contributed by atoms with E-state index in [0.29, 0.717) is 18.5 Å². The molecule has 0 aliphatic rings. The van der Waals surface area contributed by atoms with Crippen LogP contribution in [0.1, 0.15) is 25.8 Å². The van der Waals surface area contributed by atoms with Crippen molar-refractivity contribution in [1.29, 1.82) is 0 Å². The van der Waals surface area contributed by atoms with Crippen molar-refractivity contribution in [2.75, 3.05) is 20.6 Å². The van der Waals surface area contributed by atoms with Gasteiger partial charge in [-0.2, -0.15) is 0 Å². The number of benzene rings is 1. The molecule has 0 heterocycles. The third kappa shape index (κ3) is 3.19. The Balaban J connectivity index is 3.02. The maximum atomic E-state index is 15.0. The van der Waals surface area contributed by atoms with Crippen LogP contribution in [-0.4, -0.2) is 30.6 Å². The van der Waals surface area contributed by atoms with Crippen LogP contribution in [0.25, 0.3) is 0 Å². The molecule has 2 atom stereocenters. The van der Waals surface area contributed by atoms with Gasteiger partial charge < -0.3 is 10.0 Å². The molecule has 0 aromatic heterocycles. The van der Waals surface area contributed by atoms with Crippen molar-refractivity contribution in [3.05, 3.63) is 29.8 Å². The molecule has 2 nitrogen and oxygen atoms in total. The highest BCUT2D eigenvalue weighted by Gasteiger charge is 2.36.